The van der Waals surface area contributed by atoms with Crippen LogP contribution in [0.5, 0.6) is 5.75 Å². The van der Waals surface area contributed by atoms with Crippen LogP contribution < -0.4 is 4.18 Å². The van der Waals surface area contributed by atoms with Gasteiger partial charge in [-0.3, -0.25) is 4.79 Å². The van der Waals surface area contributed by atoms with Gasteiger partial charge in [-0.05, 0) is 50.3 Å². The molecule has 0 N–H and O–H groups in total. The van der Waals surface area contributed by atoms with Crippen LogP contribution in [0.2, 0.25) is 0 Å². The van der Waals surface area contributed by atoms with Crippen molar-refractivity contribution in [2.75, 3.05) is 13.2 Å². The number of ether oxygens (including phenoxy) is 1. The molecule has 0 bridgehead atoms. The molecule has 1 aromatic carbocycles. The van der Waals surface area contributed by atoms with E-state index in [1.54, 1.807) is 38.1 Å². The average molecular weight is 398 g/mol. The van der Waals surface area contributed by atoms with Crippen molar-refractivity contribution in [2.45, 2.75) is 64.9 Å². The molecule has 1 amide bonds. The van der Waals surface area contributed by atoms with Crippen molar-refractivity contribution in [2.24, 2.45) is 5.92 Å². The van der Waals surface area contributed by atoms with E-state index >= 15 is 0 Å². The fourth-order valence-electron chi connectivity index (χ4n) is 2.87. The molecular weight excluding hydrogens is 366 g/mol. The summed E-state index contributed by atoms with van der Waals surface area (Å²) >= 11 is 0. The highest BCUT2D eigenvalue weighted by Crippen LogP contribution is 2.20. The van der Waals surface area contributed by atoms with Crippen LogP contribution >= 0.6 is 0 Å². The van der Waals surface area contributed by atoms with Gasteiger partial charge in [0.2, 0.25) is 5.91 Å². The third kappa shape index (κ3) is 6.81. The quantitative estimate of drug-likeness (QED) is 0.598. The summed E-state index contributed by atoms with van der Waals surface area (Å²) in [4.78, 5) is 14.5. The predicted octanol–water partition coefficient (Wildman–Crippen LogP) is 3.36. The fourth-order valence-corrected chi connectivity index (χ4v) is 3.44. The number of rotatable bonds is 9. The van der Waals surface area contributed by atoms with E-state index in [2.05, 4.69) is 0 Å². The van der Waals surface area contributed by atoms with Gasteiger partial charge in [0, 0.05) is 26.1 Å². The van der Waals surface area contributed by atoms with E-state index in [9.17, 15) is 13.2 Å². The van der Waals surface area contributed by atoms with Crippen LogP contribution in [0.25, 0.3) is 0 Å². The minimum atomic E-state index is -3.61. The Morgan fingerprint density at radius 3 is 2.41 bits per heavy atom. The Hall–Kier alpha value is -1.60. The molecule has 2 rings (SSSR count). The summed E-state index contributed by atoms with van der Waals surface area (Å²) in [6.07, 6.45) is 2.61. The molecule has 7 heteroatoms. The molecular formula is C20H31NO5S. The van der Waals surface area contributed by atoms with E-state index in [0.717, 1.165) is 25.0 Å². The molecule has 6 nitrogen and oxygen atoms in total. The highest BCUT2D eigenvalue weighted by atomic mass is 32.2. The van der Waals surface area contributed by atoms with Crippen molar-refractivity contribution >= 4 is 16.0 Å². The van der Waals surface area contributed by atoms with Crippen molar-refractivity contribution in [3.05, 3.63) is 29.8 Å². The lowest BCUT2D eigenvalue weighted by Crippen LogP contribution is -2.37. The Morgan fingerprint density at radius 1 is 1.22 bits per heavy atom. The number of hydrogen-bond acceptors (Lipinski definition) is 5. The molecule has 1 fully saturated rings. The van der Waals surface area contributed by atoms with Gasteiger partial charge in [0.25, 0.3) is 0 Å². The summed E-state index contributed by atoms with van der Waals surface area (Å²) in [5.74, 6) is 0.691. The molecule has 1 unspecified atom stereocenters. The highest BCUT2D eigenvalue weighted by molar-refractivity contribution is 7.87. The summed E-state index contributed by atoms with van der Waals surface area (Å²) in [6.45, 7) is 9.04. The second-order valence-electron chi connectivity index (χ2n) is 7.78. The smallest absolute Gasteiger partial charge is 0.311 e. The van der Waals surface area contributed by atoms with Gasteiger partial charge in [-0.1, -0.05) is 26.0 Å². The molecule has 1 aliphatic heterocycles. The molecule has 1 heterocycles. The SMILES string of the molecule is CC(C)CC(=O)N(Cc1ccc(OS(=O)(=O)C(C)C)cc1)CC1CCCO1. The maximum absolute atomic E-state index is 12.6. The molecule has 0 radical (unpaired) electrons. The molecule has 0 aromatic heterocycles. The van der Waals surface area contributed by atoms with Crippen molar-refractivity contribution < 1.29 is 22.1 Å². The largest absolute Gasteiger partial charge is 0.382 e. The lowest BCUT2D eigenvalue weighted by molar-refractivity contribution is -0.134. The second kappa shape index (κ2) is 9.55. The zero-order valence-electron chi connectivity index (χ0n) is 16.7. The number of carbonyl (C=O) groups excluding carboxylic acids is 1. The van der Waals surface area contributed by atoms with Crippen LogP contribution in [0.4, 0.5) is 0 Å². The van der Waals surface area contributed by atoms with Crippen LogP contribution in [-0.4, -0.2) is 43.7 Å². The summed E-state index contributed by atoms with van der Waals surface area (Å²) in [5, 5.41) is -0.604. The van der Waals surface area contributed by atoms with Crippen LogP contribution in [0.1, 0.15) is 52.5 Å². The van der Waals surface area contributed by atoms with Gasteiger partial charge in [-0.15, -0.1) is 0 Å². The minimum Gasteiger partial charge on any atom is -0.382 e. The lowest BCUT2D eigenvalue weighted by atomic mass is 10.1. The van der Waals surface area contributed by atoms with Crippen molar-refractivity contribution in [3.8, 4) is 5.75 Å². The molecule has 1 saturated heterocycles. The third-order valence-electron chi connectivity index (χ3n) is 4.47. The molecule has 0 saturated carbocycles. The summed E-state index contributed by atoms with van der Waals surface area (Å²) in [5.41, 5.74) is 0.930. The first-order valence-corrected chi connectivity index (χ1v) is 11.1. The average Bonchev–Trinajstić information content (AvgIpc) is 3.08. The number of amides is 1. The molecule has 27 heavy (non-hydrogen) atoms. The van der Waals surface area contributed by atoms with Crippen molar-refractivity contribution in [1.29, 1.82) is 0 Å². The zero-order chi connectivity index (χ0) is 20.0. The number of benzene rings is 1. The van der Waals surface area contributed by atoms with E-state index < -0.39 is 15.4 Å². The Balaban J connectivity index is 2.05. The van der Waals surface area contributed by atoms with Gasteiger partial charge >= 0.3 is 10.1 Å². The summed E-state index contributed by atoms with van der Waals surface area (Å²) < 4.78 is 34.5. The number of carbonyl (C=O) groups is 1. The van der Waals surface area contributed by atoms with Crippen LogP contribution in [-0.2, 0) is 26.2 Å². The van der Waals surface area contributed by atoms with E-state index in [0.29, 0.717) is 25.4 Å². The van der Waals surface area contributed by atoms with Crippen LogP contribution in [0.3, 0.4) is 0 Å². The lowest BCUT2D eigenvalue weighted by Gasteiger charge is -2.26. The molecule has 1 aliphatic rings. The van der Waals surface area contributed by atoms with Crippen molar-refractivity contribution in [1.82, 2.24) is 4.90 Å². The van der Waals surface area contributed by atoms with E-state index in [-0.39, 0.29) is 17.8 Å². The fraction of sp³-hybridized carbons (Fsp3) is 0.650. The Bertz CT molecular complexity index is 706. The first kappa shape index (κ1) is 21.7. The van der Waals surface area contributed by atoms with Crippen molar-refractivity contribution in [3.63, 3.8) is 0 Å². The van der Waals surface area contributed by atoms with E-state index in [1.807, 2.05) is 18.7 Å². The maximum Gasteiger partial charge on any atom is 0.311 e. The van der Waals surface area contributed by atoms with Crippen LogP contribution in [0, 0.1) is 5.92 Å². The van der Waals surface area contributed by atoms with Gasteiger partial charge in [0.1, 0.15) is 5.75 Å². The zero-order valence-corrected chi connectivity index (χ0v) is 17.5. The summed E-state index contributed by atoms with van der Waals surface area (Å²) in [6, 6.07) is 6.87. The Labute approximate surface area is 163 Å². The van der Waals surface area contributed by atoms with Gasteiger partial charge in [-0.25, -0.2) is 0 Å². The first-order chi connectivity index (χ1) is 12.7. The monoisotopic (exact) mass is 397 g/mol. The van der Waals surface area contributed by atoms with Gasteiger partial charge in [0.15, 0.2) is 0 Å². The Kier molecular flexibility index (Phi) is 7.68. The third-order valence-corrected chi connectivity index (χ3v) is 6.05. The van der Waals surface area contributed by atoms with E-state index in [1.165, 1.54) is 0 Å². The topological polar surface area (TPSA) is 72.9 Å². The van der Waals surface area contributed by atoms with Gasteiger partial charge in [0.05, 0.1) is 11.4 Å². The summed E-state index contributed by atoms with van der Waals surface area (Å²) in [7, 11) is -3.61. The Morgan fingerprint density at radius 2 is 1.89 bits per heavy atom. The first-order valence-electron chi connectivity index (χ1n) is 9.59. The molecule has 0 aliphatic carbocycles. The predicted molar refractivity (Wildman–Crippen MR) is 105 cm³/mol. The molecule has 1 atom stereocenters. The van der Waals surface area contributed by atoms with Crippen LogP contribution in [0.15, 0.2) is 24.3 Å². The number of nitrogens with zero attached hydrogens (tertiary/aromatic N) is 1. The van der Waals surface area contributed by atoms with Gasteiger partial charge in [-0.2, -0.15) is 8.42 Å². The molecule has 0 spiro atoms. The van der Waals surface area contributed by atoms with E-state index in [4.69, 9.17) is 8.92 Å². The standard InChI is InChI=1S/C20H31NO5S/c1-15(2)12-20(22)21(14-19-6-5-11-25-19)13-17-7-9-18(10-8-17)26-27(23,24)16(3)4/h7-10,15-16,19H,5-6,11-14H2,1-4H3. The highest BCUT2D eigenvalue weighted by Gasteiger charge is 2.23. The van der Waals surface area contributed by atoms with Gasteiger partial charge < -0.3 is 13.8 Å². The number of hydrogen-bond donors (Lipinski definition) is 0. The maximum atomic E-state index is 12.6. The minimum absolute atomic E-state index is 0.0971. The normalized spacial score (nSPS) is 17.5. The molecule has 152 valence electrons. The second-order valence-corrected chi connectivity index (χ2v) is 9.87. The molecule has 1 aromatic rings.